The second-order valence-electron chi connectivity index (χ2n) is 10.7. The lowest BCUT2D eigenvalue weighted by atomic mass is 9.77. The van der Waals surface area contributed by atoms with Crippen LogP contribution in [0.2, 0.25) is 0 Å². The van der Waals surface area contributed by atoms with E-state index in [-0.39, 0.29) is 17.0 Å². The summed E-state index contributed by atoms with van der Waals surface area (Å²) in [6, 6.07) is 27.7. The highest BCUT2D eigenvalue weighted by Crippen LogP contribution is 2.57. The van der Waals surface area contributed by atoms with Crippen LogP contribution in [0.3, 0.4) is 0 Å². The third kappa shape index (κ3) is 3.18. The van der Waals surface area contributed by atoms with Crippen LogP contribution < -0.4 is 10.0 Å². The first-order valence-corrected chi connectivity index (χ1v) is 13.3. The molecule has 0 N–H and O–H groups in total. The molecule has 0 spiro atoms. The molecule has 1 aliphatic heterocycles. The molecule has 38 heavy (non-hydrogen) atoms. The molecule has 1 aliphatic carbocycles. The fraction of sp³-hybridized carbons (Fsp3) is 0.118. The number of hydrogen-bond acceptors (Lipinski definition) is 1. The molecule has 0 fully saturated rings. The van der Waals surface area contributed by atoms with Crippen molar-refractivity contribution in [3.63, 3.8) is 0 Å². The highest BCUT2D eigenvalue weighted by molar-refractivity contribution is 7.27. The largest absolute Gasteiger partial charge is 0.472 e. The van der Waals surface area contributed by atoms with Crippen molar-refractivity contribution in [1.29, 1.82) is 0 Å². The van der Waals surface area contributed by atoms with E-state index in [4.69, 9.17) is 4.74 Å². The normalized spacial score (nSPS) is 16.0. The maximum absolute atomic E-state index is 14.0. The number of fused-ring (bicyclic) bond motifs is 8. The molecule has 0 radical (unpaired) electrons. The zero-order valence-electron chi connectivity index (χ0n) is 21.1. The Balaban J connectivity index is 1.55. The summed E-state index contributed by atoms with van der Waals surface area (Å²) in [5.74, 6) is 0.140. The van der Waals surface area contributed by atoms with E-state index in [1.807, 2.05) is 12.1 Å². The van der Waals surface area contributed by atoms with Crippen LogP contribution >= 0.6 is 9.24 Å². The molecule has 5 aromatic carbocycles. The fourth-order valence-corrected chi connectivity index (χ4v) is 6.59. The van der Waals surface area contributed by atoms with Gasteiger partial charge in [0.15, 0.2) is 5.60 Å². The Morgan fingerprint density at radius 1 is 0.737 bits per heavy atom. The number of hydrogen-bond donors (Lipinski definition) is 0. The Bertz CT molecular complexity index is 1740. The van der Waals surface area contributed by atoms with E-state index in [0.717, 1.165) is 38.5 Å². The van der Waals surface area contributed by atoms with Crippen molar-refractivity contribution in [2.75, 3.05) is 0 Å². The van der Waals surface area contributed by atoms with Crippen LogP contribution in [0.1, 0.15) is 41.7 Å². The van der Waals surface area contributed by atoms with Gasteiger partial charge in [0.1, 0.15) is 17.4 Å². The van der Waals surface area contributed by atoms with E-state index < -0.39 is 5.60 Å². The third-order valence-electron chi connectivity index (χ3n) is 8.11. The zero-order chi connectivity index (χ0) is 26.2. The van der Waals surface area contributed by atoms with Crippen molar-refractivity contribution in [2.24, 2.45) is 0 Å². The van der Waals surface area contributed by atoms with Gasteiger partial charge in [-0.1, -0.05) is 86.7 Å². The summed E-state index contributed by atoms with van der Waals surface area (Å²) in [7, 11) is 2.82. The third-order valence-corrected chi connectivity index (χ3v) is 8.47. The van der Waals surface area contributed by atoms with E-state index in [1.54, 1.807) is 24.3 Å². The average Bonchev–Trinajstić information content (AvgIpc) is 3.16. The smallest absolute Gasteiger partial charge is 0.178 e. The number of halogens is 2. The van der Waals surface area contributed by atoms with Crippen molar-refractivity contribution in [3.8, 4) is 16.9 Å². The molecule has 1 unspecified atom stereocenters. The molecular formula is C34H25F2OP. The average molecular weight is 519 g/mol. The Labute approximate surface area is 223 Å². The summed E-state index contributed by atoms with van der Waals surface area (Å²) in [6.07, 6.45) is 4.18. The van der Waals surface area contributed by atoms with E-state index in [0.29, 0.717) is 0 Å². The molecule has 0 saturated heterocycles. The van der Waals surface area contributed by atoms with Gasteiger partial charge in [-0.05, 0) is 63.3 Å². The molecule has 1 nitrogen and oxygen atoms in total. The molecule has 1 atom stereocenters. The molecule has 0 aromatic heterocycles. The van der Waals surface area contributed by atoms with Gasteiger partial charge in [0, 0.05) is 27.5 Å². The topological polar surface area (TPSA) is 9.23 Å². The quantitative estimate of drug-likeness (QED) is 0.214. The van der Waals surface area contributed by atoms with Crippen molar-refractivity contribution < 1.29 is 13.5 Å². The van der Waals surface area contributed by atoms with E-state index in [2.05, 4.69) is 65.6 Å². The maximum Gasteiger partial charge on any atom is 0.178 e. The Morgan fingerprint density at radius 2 is 1.34 bits per heavy atom. The van der Waals surface area contributed by atoms with Gasteiger partial charge in [-0.15, -0.1) is 9.24 Å². The lowest BCUT2D eigenvalue weighted by molar-refractivity contribution is 0.163. The van der Waals surface area contributed by atoms with Crippen LogP contribution in [0.4, 0.5) is 8.78 Å². The van der Waals surface area contributed by atoms with Gasteiger partial charge in [-0.25, -0.2) is 8.78 Å². The van der Waals surface area contributed by atoms with Crippen LogP contribution in [0.5, 0.6) is 5.75 Å². The first-order chi connectivity index (χ1) is 18.3. The molecule has 5 aromatic rings. The first-order valence-electron chi connectivity index (χ1n) is 12.7. The predicted octanol–water partition coefficient (Wildman–Crippen LogP) is 8.27. The van der Waals surface area contributed by atoms with Crippen LogP contribution in [0, 0.1) is 11.6 Å². The van der Waals surface area contributed by atoms with Crippen molar-refractivity contribution in [3.05, 3.63) is 137 Å². The standard InChI is InChI=1S/C34H25F2OP/c1-33(2)29-19-24(38)15-16-27(29)30-25-5-3-4-6-26(25)32-28(31(30)33)17-18-34(37-32,20-7-11-22(35)12-8-20)21-9-13-23(36)14-10-21/h3-19H,38H2,1-2H3. The predicted molar refractivity (Wildman–Crippen MR) is 154 cm³/mol. The SMILES string of the molecule is CC1(C)c2cc(P)ccc2-c2c1c1c(c3ccccc23)OC(c2ccc(F)cc2)(c2ccc(F)cc2)C=C1. The van der Waals surface area contributed by atoms with Crippen LogP contribution in [0.15, 0.2) is 97.1 Å². The Hall–Kier alpha value is -3.81. The molecule has 0 amide bonds. The second-order valence-corrected chi connectivity index (χ2v) is 11.3. The molecule has 186 valence electrons. The fourth-order valence-electron chi connectivity index (χ4n) is 6.32. The molecule has 0 bridgehead atoms. The monoisotopic (exact) mass is 518 g/mol. The molecule has 4 heteroatoms. The summed E-state index contributed by atoms with van der Waals surface area (Å²) in [5.41, 5.74) is 6.32. The highest BCUT2D eigenvalue weighted by atomic mass is 31.0. The maximum atomic E-state index is 14.0. The number of rotatable bonds is 2. The van der Waals surface area contributed by atoms with Gasteiger partial charge in [-0.2, -0.15) is 0 Å². The lowest BCUT2D eigenvalue weighted by Crippen LogP contribution is -2.35. The number of benzene rings is 5. The molecule has 1 heterocycles. The van der Waals surface area contributed by atoms with Gasteiger partial charge < -0.3 is 4.74 Å². The van der Waals surface area contributed by atoms with Crippen LogP contribution in [0.25, 0.3) is 28.0 Å². The van der Waals surface area contributed by atoms with Gasteiger partial charge in [-0.3, -0.25) is 0 Å². The summed E-state index contributed by atoms with van der Waals surface area (Å²) >= 11 is 0. The van der Waals surface area contributed by atoms with Crippen LogP contribution in [-0.4, -0.2) is 0 Å². The van der Waals surface area contributed by atoms with Crippen LogP contribution in [-0.2, 0) is 11.0 Å². The summed E-state index contributed by atoms with van der Waals surface area (Å²) in [4.78, 5) is 0. The zero-order valence-corrected chi connectivity index (χ0v) is 22.2. The van der Waals surface area contributed by atoms with E-state index in [1.165, 1.54) is 46.5 Å². The second kappa shape index (κ2) is 8.09. The van der Waals surface area contributed by atoms with Crippen molar-refractivity contribution in [2.45, 2.75) is 24.9 Å². The summed E-state index contributed by atoms with van der Waals surface area (Å²) in [5, 5.41) is 3.30. The molecule has 0 saturated carbocycles. The highest BCUT2D eigenvalue weighted by Gasteiger charge is 2.44. The van der Waals surface area contributed by atoms with Gasteiger partial charge in [0.25, 0.3) is 0 Å². The van der Waals surface area contributed by atoms with Gasteiger partial charge >= 0.3 is 0 Å². The minimum absolute atomic E-state index is 0.245. The van der Waals surface area contributed by atoms with Gasteiger partial charge in [0.05, 0.1) is 0 Å². The van der Waals surface area contributed by atoms with Gasteiger partial charge in [0.2, 0.25) is 0 Å². The minimum Gasteiger partial charge on any atom is -0.472 e. The Morgan fingerprint density at radius 3 is 1.97 bits per heavy atom. The summed E-state index contributed by atoms with van der Waals surface area (Å²) in [6.45, 7) is 4.54. The first kappa shape index (κ1) is 23.3. The molecule has 2 aliphatic rings. The number of ether oxygens (including phenoxy) is 1. The van der Waals surface area contributed by atoms with E-state index >= 15 is 0 Å². The molecular weight excluding hydrogens is 493 g/mol. The Kier molecular flexibility index (Phi) is 4.97. The molecule has 7 rings (SSSR count). The van der Waals surface area contributed by atoms with Crippen molar-refractivity contribution in [1.82, 2.24) is 0 Å². The van der Waals surface area contributed by atoms with Crippen molar-refractivity contribution >= 4 is 31.4 Å². The van der Waals surface area contributed by atoms with E-state index in [9.17, 15) is 8.78 Å². The summed E-state index contributed by atoms with van der Waals surface area (Å²) < 4.78 is 35.0. The lowest BCUT2D eigenvalue weighted by Gasteiger charge is -2.38. The minimum atomic E-state index is -1.05.